The summed E-state index contributed by atoms with van der Waals surface area (Å²) < 4.78 is 5.42. The summed E-state index contributed by atoms with van der Waals surface area (Å²) in [6.07, 6.45) is -0.682. The molecule has 0 aromatic heterocycles. The highest BCUT2D eigenvalue weighted by Gasteiger charge is 2.38. The fraction of sp³-hybridized carbons (Fsp3) is 0.286. The van der Waals surface area contributed by atoms with E-state index in [-0.39, 0.29) is 30.3 Å². The molecule has 0 bridgehead atoms. The second kappa shape index (κ2) is 8.64. The van der Waals surface area contributed by atoms with Gasteiger partial charge in [-0.1, -0.05) is 43.3 Å². The number of esters is 1. The summed E-state index contributed by atoms with van der Waals surface area (Å²) in [4.78, 5) is 49.2. The average Bonchev–Trinajstić information content (AvgIpc) is 3.14. The van der Waals surface area contributed by atoms with Gasteiger partial charge in [-0.2, -0.15) is 0 Å². The van der Waals surface area contributed by atoms with E-state index in [1.807, 2.05) is 0 Å². The molecule has 8 nitrogen and oxygen atoms in total. The molecule has 1 amide bonds. The summed E-state index contributed by atoms with van der Waals surface area (Å²) in [6, 6.07) is 14.2. The van der Waals surface area contributed by atoms with Gasteiger partial charge in [0.1, 0.15) is 0 Å². The Morgan fingerprint density at radius 1 is 1.21 bits per heavy atom. The van der Waals surface area contributed by atoms with E-state index in [0.29, 0.717) is 17.7 Å². The number of ketones is 1. The fourth-order valence-electron chi connectivity index (χ4n) is 3.24. The van der Waals surface area contributed by atoms with Crippen LogP contribution in [-0.4, -0.2) is 35.2 Å². The van der Waals surface area contributed by atoms with Crippen LogP contribution < -0.4 is 4.90 Å². The first-order chi connectivity index (χ1) is 13.9. The van der Waals surface area contributed by atoms with E-state index in [1.54, 1.807) is 43.3 Å². The Bertz CT molecular complexity index is 943. The van der Waals surface area contributed by atoms with Crippen LogP contribution in [0.25, 0.3) is 0 Å². The van der Waals surface area contributed by atoms with E-state index < -0.39 is 22.9 Å². The predicted molar refractivity (Wildman–Crippen MR) is 104 cm³/mol. The van der Waals surface area contributed by atoms with Crippen LogP contribution in [0.4, 0.5) is 11.4 Å². The number of carbonyl (C=O) groups is 3. The van der Waals surface area contributed by atoms with E-state index in [2.05, 4.69) is 0 Å². The summed E-state index contributed by atoms with van der Waals surface area (Å²) in [5, 5.41) is 11.0. The quantitative estimate of drug-likeness (QED) is 0.308. The summed E-state index contributed by atoms with van der Waals surface area (Å²) in [5.74, 6) is -1.97. The van der Waals surface area contributed by atoms with Gasteiger partial charge in [0.25, 0.3) is 5.69 Å². The van der Waals surface area contributed by atoms with E-state index in [9.17, 15) is 24.5 Å². The van der Waals surface area contributed by atoms with Gasteiger partial charge in [-0.05, 0) is 12.5 Å². The monoisotopic (exact) mass is 396 g/mol. The van der Waals surface area contributed by atoms with Crippen molar-refractivity contribution in [3.05, 3.63) is 70.3 Å². The third kappa shape index (κ3) is 4.48. The molecule has 0 aliphatic carbocycles. The van der Waals surface area contributed by atoms with E-state index in [4.69, 9.17) is 4.74 Å². The zero-order valence-electron chi connectivity index (χ0n) is 15.8. The topological polar surface area (TPSA) is 107 Å². The van der Waals surface area contributed by atoms with Crippen LogP contribution in [0.5, 0.6) is 0 Å². The molecule has 0 saturated carbocycles. The number of carbonyl (C=O) groups excluding carboxylic acids is 3. The smallest absolute Gasteiger partial charge is 0.312 e. The maximum Gasteiger partial charge on any atom is 0.312 e. The Balaban J connectivity index is 1.69. The molecule has 0 radical (unpaired) electrons. The minimum absolute atomic E-state index is 0.0504. The molecule has 1 aliphatic rings. The molecular formula is C21H20N2O6. The summed E-state index contributed by atoms with van der Waals surface area (Å²) in [6.45, 7) is 1.79. The van der Waals surface area contributed by atoms with Crippen LogP contribution in [0.15, 0.2) is 54.6 Å². The normalized spacial score (nSPS) is 17.1. The molecule has 2 aromatic rings. The van der Waals surface area contributed by atoms with Crippen LogP contribution in [0.3, 0.4) is 0 Å². The largest absolute Gasteiger partial charge is 0.454 e. The maximum absolute atomic E-state index is 12.6. The SMILES string of the molecule is CC[C@@H](OC(=O)[C@H]1CC(=O)N(c2cccc([N+](=O)[O-])c2)C1)C(=O)c1ccccc1. The molecule has 0 spiro atoms. The number of rotatable bonds is 7. The Morgan fingerprint density at radius 3 is 2.59 bits per heavy atom. The number of hydrogen-bond acceptors (Lipinski definition) is 6. The number of hydrogen-bond donors (Lipinski definition) is 0. The highest BCUT2D eigenvalue weighted by Crippen LogP contribution is 2.29. The van der Waals surface area contributed by atoms with Gasteiger partial charge in [-0.3, -0.25) is 24.5 Å². The minimum Gasteiger partial charge on any atom is -0.454 e. The van der Waals surface area contributed by atoms with Crippen molar-refractivity contribution >= 4 is 29.0 Å². The second-order valence-electron chi connectivity index (χ2n) is 6.75. The average molecular weight is 396 g/mol. The van der Waals surface area contributed by atoms with Crippen LogP contribution in [-0.2, 0) is 14.3 Å². The molecular weight excluding hydrogens is 376 g/mol. The van der Waals surface area contributed by atoms with Crippen molar-refractivity contribution in [3.8, 4) is 0 Å². The number of amides is 1. The molecule has 1 heterocycles. The van der Waals surface area contributed by atoms with Crippen molar-refractivity contribution in [1.29, 1.82) is 0 Å². The van der Waals surface area contributed by atoms with Crippen LogP contribution in [0, 0.1) is 16.0 Å². The molecule has 2 aromatic carbocycles. The summed E-state index contributed by atoms with van der Waals surface area (Å²) >= 11 is 0. The zero-order valence-corrected chi connectivity index (χ0v) is 15.8. The van der Waals surface area contributed by atoms with Crippen molar-refractivity contribution < 1.29 is 24.0 Å². The molecule has 29 heavy (non-hydrogen) atoms. The van der Waals surface area contributed by atoms with Crippen LogP contribution in [0.2, 0.25) is 0 Å². The van der Waals surface area contributed by atoms with Gasteiger partial charge in [0, 0.05) is 30.7 Å². The minimum atomic E-state index is -0.924. The van der Waals surface area contributed by atoms with E-state index in [0.717, 1.165) is 0 Å². The predicted octanol–water partition coefficient (Wildman–Crippen LogP) is 3.15. The first kappa shape index (κ1) is 20.2. The summed E-state index contributed by atoms with van der Waals surface area (Å²) in [5.41, 5.74) is 0.667. The second-order valence-corrected chi connectivity index (χ2v) is 6.75. The standard InChI is InChI=1S/C21H20N2O6/c1-2-18(20(25)14-7-4-3-5-8-14)29-21(26)15-11-19(24)22(13-15)16-9-6-10-17(12-16)23(27)28/h3-10,12,15,18H,2,11,13H2,1H3/t15-,18+/m0/s1. The molecule has 1 fully saturated rings. The summed E-state index contributed by atoms with van der Waals surface area (Å²) in [7, 11) is 0. The number of Topliss-reactive ketones (excluding diaryl/α,β-unsaturated/α-hetero) is 1. The number of anilines is 1. The number of nitro groups is 1. The zero-order chi connectivity index (χ0) is 21.0. The van der Waals surface area contributed by atoms with Crippen molar-refractivity contribution in [2.24, 2.45) is 5.92 Å². The van der Waals surface area contributed by atoms with Gasteiger partial charge >= 0.3 is 5.97 Å². The number of benzene rings is 2. The van der Waals surface area contributed by atoms with Gasteiger partial charge in [-0.25, -0.2) is 0 Å². The van der Waals surface area contributed by atoms with Crippen molar-refractivity contribution in [2.45, 2.75) is 25.9 Å². The van der Waals surface area contributed by atoms with E-state index in [1.165, 1.54) is 23.1 Å². The highest BCUT2D eigenvalue weighted by atomic mass is 16.6. The maximum atomic E-state index is 12.6. The number of nitrogens with zero attached hydrogens (tertiary/aromatic N) is 2. The fourth-order valence-corrected chi connectivity index (χ4v) is 3.24. The Hall–Kier alpha value is -3.55. The van der Waals surface area contributed by atoms with Crippen LogP contribution >= 0.6 is 0 Å². The Kier molecular flexibility index (Phi) is 6.01. The molecule has 150 valence electrons. The molecule has 3 rings (SSSR count). The first-order valence-corrected chi connectivity index (χ1v) is 9.25. The molecule has 0 N–H and O–H groups in total. The molecule has 2 atom stereocenters. The van der Waals surface area contributed by atoms with Crippen molar-refractivity contribution in [1.82, 2.24) is 0 Å². The third-order valence-corrected chi connectivity index (χ3v) is 4.79. The number of nitro benzene ring substituents is 1. The molecule has 1 aliphatic heterocycles. The molecule has 1 saturated heterocycles. The van der Waals surface area contributed by atoms with Crippen LogP contribution in [0.1, 0.15) is 30.1 Å². The number of non-ortho nitro benzene ring substituents is 1. The lowest BCUT2D eigenvalue weighted by molar-refractivity contribution is -0.384. The lowest BCUT2D eigenvalue weighted by Crippen LogP contribution is -2.31. The highest BCUT2D eigenvalue weighted by molar-refractivity contribution is 6.02. The lowest BCUT2D eigenvalue weighted by atomic mass is 10.0. The van der Waals surface area contributed by atoms with Gasteiger partial charge in [-0.15, -0.1) is 0 Å². The third-order valence-electron chi connectivity index (χ3n) is 4.79. The Labute approximate surface area is 167 Å². The lowest BCUT2D eigenvalue weighted by Gasteiger charge is -2.19. The first-order valence-electron chi connectivity index (χ1n) is 9.25. The van der Waals surface area contributed by atoms with Crippen molar-refractivity contribution in [2.75, 3.05) is 11.4 Å². The van der Waals surface area contributed by atoms with Crippen molar-refractivity contribution in [3.63, 3.8) is 0 Å². The van der Waals surface area contributed by atoms with Gasteiger partial charge in [0.15, 0.2) is 6.10 Å². The van der Waals surface area contributed by atoms with Gasteiger partial charge < -0.3 is 9.64 Å². The molecule has 8 heteroatoms. The van der Waals surface area contributed by atoms with Gasteiger partial charge in [0.05, 0.1) is 16.5 Å². The van der Waals surface area contributed by atoms with E-state index >= 15 is 0 Å². The molecule has 0 unspecified atom stereocenters. The van der Waals surface area contributed by atoms with Gasteiger partial charge in [0.2, 0.25) is 11.7 Å². The number of ether oxygens (including phenoxy) is 1. The Morgan fingerprint density at radius 2 is 1.93 bits per heavy atom.